The number of carbonyl (C=O) groups excluding carboxylic acids is 1. The molecule has 0 saturated carbocycles. The van der Waals surface area contributed by atoms with E-state index in [1.165, 1.54) is 0 Å². The van der Waals surface area contributed by atoms with Gasteiger partial charge in [0.1, 0.15) is 0 Å². The van der Waals surface area contributed by atoms with E-state index in [9.17, 15) is 9.59 Å². The number of hydrogen-bond acceptors (Lipinski definition) is 3. The van der Waals surface area contributed by atoms with Crippen molar-refractivity contribution < 1.29 is 14.7 Å². The van der Waals surface area contributed by atoms with Crippen LogP contribution in [-0.4, -0.2) is 29.6 Å². The minimum absolute atomic E-state index is 0.146. The first-order valence-electron chi connectivity index (χ1n) is 5.74. The van der Waals surface area contributed by atoms with Crippen LogP contribution in [0.2, 0.25) is 0 Å². The maximum atomic E-state index is 11.5. The second-order valence-electron chi connectivity index (χ2n) is 4.05. The van der Waals surface area contributed by atoms with Gasteiger partial charge in [0.2, 0.25) is 5.91 Å². The fourth-order valence-corrected chi connectivity index (χ4v) is 1.24. The van der Waals surface area contributed by atoms with E-state index < -0.39 is 12.0 Å². The monoisotopic (exact) mass is 230 g/mol. The van der Waals surface area contributed by atoms with Gasteiger partial charge in [-0.15, -0.1) is 0 Å². The van der Waals surface area contributed by atoms with Crippen molar-refractivity contribution in [2.24, 2.45) is 11.7 Å². The van der Waals surface area contributed by atoms with Crippen LogP contribution in [-0.2, 0) is 9.59 Å². The molecule has 0 aromatic carbocycles. The molecule has 0 aliphatic heterocycles. The van der Waals surface area contributed by atoms with Crippen LogP contribution in [0, 0.1) is 5.92 Å². The van der Waals surface area contributed by atoms with Gasteiger partial charge in [0, 0.05) is 13.0 Å². The summed E-state index contributed by atoms with van der Waals surface area (Å²) in [7, 11) is 0. The number of unbranched alkanes of at least 4 members (excludes halogenated alkanes) is 1. The van der Waals surface area contributed by atoms with Gasteiger partial charge in [-0.3, -0.25) is 9.59 Å². The van der Waals surface area contributed by atoms with Crippen LogP contribution in [0.3, 0.4) is 0 Å². The molecule has 0 spiro atoms. The standard InChI is InChI=1S/C11H22N2O3/c1-3-8(2)10(12)11(16)13-7-5-4-6-9(14)15/h8,10H,3-7,12H2,1-2H3,(H,13,16)(H,14,15)/t8-,10-/m0/s1. The molecule has 4 N–H and O–H groups in total. The molecule has 0 rings (SSSR count). The average Bonchev–Trinajstić information content (AvgIpc) is 2.25. The minimum Gasteiger partial charge on any atom is -0.481 e. The SMILES string of the molecule is CC[C@H](C)[C@H](N)C(=O)NCCCCC(=O)O. The molecular weight excluding hydrogens is 208 g/mol. The highest BCUT2D eigenvalue weighted by Gasteiger charge is 2.18. The van der Waals surface area contributed by atoms with Crippen molar-refractivity contribution >= 4 is 11.9 Å². The smallest absolute Gasteiger partial charge is 0.303 e. The van der Waals surface area contributed by atoms with Gasteiger partial charge in [-0.2, -0.15) is 0 Å². The number of rotatable bonds is 8. The number of hydrogen-bond donors (Lipinski definition) is 3. The third kappa shape index (κ3) is 6.40. The van der Waals surface area contributed by atoms with E-state index >= 15 is 0 Å². The topological polar surface area (TPSA) is 92.4 Å². The summed E-state index contributed by atoms with van der Waals surface area (Å²) in [6.45, 7) is 4.43. The molecule has 94 valence electrons. The van der Waals surface area contributed by atoms with Gasteiger partial charge in [-0.25, -0.2) is 0 Å². The summed E-state index contributed by atoms with van der Waals surface area (Å²) in [4.78, 5) is 21.7. The normalized spacial score (nSPS) is 14.2. The van der Waals surface area contributed by atoms with Gasteiger partial charge in [0.15, 0.2) is 0 Å². The first kappa shape index (κ1) is 14.9. The van der Waals surface area contributed by atoms with Crippen molar-refractivity contribution in [2.75, 3.05) is 6.54 Å². The molecule has 5 heteroatoms. The van der Waals surface area contributed by atoms with E-state index in [0.717, 1.165) is 6.42 Å². The zero-order chi connectivity index (χ0) is 12.6. The molecule has 0 fully saturated rings. The molecule has 2 atom stereocenters. The zero-order valence-corrected chi connectivity index (χ0v) is 10.0. The molecule has 0 saturated heterocycles. The number of carbonyl (C=O) groups is 2. The summed E-state index contributed by atoms with van der Waals surface area (Å²) < 4.78 is 0. The van der Waals surface area contributed by atoms with Gasteiger partial charge in [0.25, 0.3) is 0 Å². The van der Waals surface area contributed by atoms with Crippen LogP contribution in [0.1, 0.15) is 39.5 Å². The van der Waals surface area contributed by atoms with Gasteiger partial charge in [0.05, 0.1) is 6.04 Å². The van der Waals surface area contributed by atoms with E-state index in [0.29, 0.717) is 19.4 Å². The molecule has 0 bridgehead atoms. The Morgan fingerprint density at radius 1 is 1.38 bits per heavy atom. The van der Waals surface area contributed by atoms with Crippen molar-refractivity contribution in [1.82, 2.24) is 5.32 Å². The Morgan fingerprint density at radius 3 is 2.50 bits per heavy atom. The number of carboxylic acids is 1. The molecule has 0 heterocycles. The van der Waals surface area contributed by atoms with Crippen LogP contribution in [0.5, 0.6) is 0 Å². The van der Waals surface area contributed by atoms with E-state index in [2.05, 4.69) is 5.32 Å². The minimum atomic E-state index is -0.803. The number of nitrogens with two attached hydrogens (primary N) is 1. The third-order valence-corrected chi connectivity index (χ3v) is 2.68. The third-order valence-electron chi connectivity index (χ3n) is 2.68. The molecule has 16 heavy (non-hydrogen) atoms. The van der Waals surface area contributed by atoms with Crippen molar-refractivity contribution in [1.29, 1.82) is 0 Å². The second kappa shape index (κ2) is 8.10. The Balaban J connectivity index is 3.61. The molecule has 1 amide bonds. The molecule has 0 aliphatic rings. The van der Waals surface area contributed by atoms with Gasteiger partial charge in [-0.1, -0.05) is 20.3 Å². The Morgan fingerprint density at radius 2 is 2.00 bits per heavy atom. The number of carboxylic acid groups (broad SMARTS) is 1. The summed E-state index contributed by atoms with van der Waals surface area (Å²) in [5.41, 5.74) is 5.73. The molecule has 0 aromatic heterocycles. The quantitative estimate of drug-likeness (QED) is 0.536. The summed E-state index contributed by atoms with van der Waals surface area (Å²) in [6.07, 6.45) is 2.26. The van der Waals surface area contributed by atoms with Crippen molar-refractivity contribution in [3.8, 4) is 0 Å². The predicted octanol–water partition coefficient (Wildman–Crippen LogP) is 0.731. The largest absolute Gasteiger partial charge is 0.481 e. The molecule has 0 aromatic rings. The Hall–Kier alpha value is -1.10. The van der Waals surface area contributed by atoms with Crippen molar-refractivity contribution in [3.63, 3.8) is 0 Å². The van der Waals surface area contributed by atoms with Crippen LogP contribution in [0.25, 0.3) is 0 Å². The van der Waals surface area contributed by atoms with Crippen molar-refractivity contribution in [2.45, 2.75) is 45.6 Å². The first-order valence-corrected chi connectivity index (χ1v) is 5.74. The summed E-state index contributed by atoms with van der Waals surface area (Å²) in [5, 5.41) is 11.1. The highest BCUT2D eigenvalue weighted by molar-refractivity contribution is 5.81. The Bertz CT molecular complexity index is 231. The predicted molar refractivity (Wildman–Crippen MR) is 61.9 cm³/mol. The van der Waals surface area contributed by atoms with Crippen LogP contribution in [0.15, 0.2) is 0 Å². The van der Waals surface area contributed by atoms with Crippen LogP contribution < -0.4 is 11.1 Å². The second-order valence-corrected chi connectivity index (χ2v) is 4.05. The lowest BCUT2D eigenvalue weighted by atomic mass is 9.99. The number of aliphatic carboxylic acids is 1. The van der Waals surface area contributed by atoms with Gasteiger partial charge < -0.3 is 16.2 Å². The zero-order valence-electron chi connectivity index (χ0n) is 10.0. The lowest BCUT2D eigenvalue weighted by Crippen LogP contribution is -2.44. The van der Waals surface area contributed by atoms with E-state index in [-0.39, 0.29) is 18.2 Å². The number of nitrogens with one attached hydrogen (secondary N) is 1. The lowest BCUT2D eigenvalue weighted by molar-refractivity contribution is -0.137. The summed E-state index contributed by atoms with van der Waals surface area (Å²) >= 11 is 0. The summed E-state index contributed by atoms with van der Waals surface area (Å²) in [6, 6.07) is -0.468. The molecular formula is C11H22N2O3. The molecule has 5 nitrogen and oxygen atoms in total. The van der Waals surface area contributed by atoms with E-state index in [4.69, 9.17) is 10.8 Å². The lowest BCUT2D eigenvalue weighted by Gasteiger charge is -2.17. The Kier molecular flexibility index (Phi) is 7.54. The first-order chi connectivity index (χ1) is 7.49. The summed E-state index contributed by atoms with van der Waals surface area (Å²) in [5.74, 6) is -0.786. The highest BCUT2D eigenvalue weighted by atomic mass is 16.4. The highest BCUT2D eigenvalue weighted by Crippen LogP contribution is 2.05. The van der Waals surface area contributed by atoms with Crippen LogP contribution in [0.4, 0.5) is 0 Å². The molecule has 0 radical (unpaired) electrons. The van der Waals surface area contributed by atoms with E-state index in [1.54, 1.807) is 0 Å². The Labute approximate surface area is 96.4 Å². The van der Waals surface area contributed by atoms with Crippen LogP contribution >= 0.6 is 0 Å². The fraction of sp³-hybridized carbons (Fsp3) is 0.818. The van der Waals surface area contributed by atoms with Gasteiger partial charge in [-0.05, 0) is 18.8 Å². The maximum absolute atomic E-state index is 11.5. The fourth-order valence-electron chi connectivity index (χ4n) is 1.24. The number of amides is 1. The molecule has 0 unspecified atom stereocenters. The average molecular weight is 230 g/mol. The molecule has 0 aliphatic carbocycles. The van der Waals surface area contributed by atoms with Crippen molar-refractivity contribution in [3.05, 3.63) is 0 Å². The maximum Gasteiger partial charge on any atom is 0.303 e. The van der Waals surface area contributed by atoms with Gasteiger partial charge >= 0.3 is 5.97 Å². The van der Waals surface area contributed by atoms with E-state index in [1.807, 2.05) is 13.8 Å².